The van der Waals surface area contributed by atoms with Gasteiger partial charge in [0.1, 0.15) is 0 Å². The SMILES string of the molecule is Cc1cc(C2CCCN2C(=O)C2CCC(C(=O)O)CC2)ccc1Br. The van der Waals surface area contributed by atoms with Gasteiger partial charge in [0.15, 0.2) is 0 Å². The van der Waals surface area contributed by atoms with Gasteiger partial charge in [0.2, 0.25) is 5.91 Å². The molecule has 0 bridgehead atoms. The maximum Gasteiger partial charge on any atom is 0.306 e. The van der Waals surface area contributed by atoms with E-state index in [4.69, 9.17) is 5.11 Å². The van der Waals surface area contributed by atoms with Gasteiger partial charge in [0.25, 0.3) is 0 Å². The van der Waals surface area contributed by atoms with E-state index in [-0.39, 0.29) is 23.8 Å². The molecule has 2 aliphatic rings. The number of carboxylic acid groups (broad SMARTS) is 1. The van der Waals surface area contributed by atoms with Crippen molar-refractivity contribution in [3.05, 3.63) is 33.8 Å². The first-order valence-electron chi connectivity index (χ1n) is 8.76. The fourth-order valence-electron chi connectivity index (χ4n) is 4.07. The van der Waals surface area contributed by atoms with Crippen LogP contribution in [0.4, 0.5) is 0 Å². The van der Waals surface area contributed by atoms with Crippen molar-refractivity contribution in [2.75, 3.05) is 6.54 Å². The fraction of sp³-hybridized carbons (Fsp3) is 0.579. The van der Waals surface area contributed by atoms with E-state index in [9.17, 15) is 9.59 Å². The number of hydrogen-bond donors (Lipinski definition) is 1. The number of hydrogen-bond acceptors (Lipinski definition) is 2. The van der Waals surface area contributed by atoms with Crippen molar-refractivity contribution in [2.45, 2.75) is 51.5 Å². The Labute approximate surface area is 151 Å². The second-order valence-electron chi connectivity index (χ2n) is 7.09. The zero-order chi connectivity index (χ0) is 17.3. The van der Waals surface area contributed by atoms with Crippen LogP contribution in [0, 0.1) is 18.8 Å². The molecule has 1 saturated carbocycles. The lowest BCUT2D eigenvalue weighted by Gasteiger charge is -2.32. The Morgan fingerprint density at radius 3 is 2.42 bits per heavy atom. The van der Waals surface area contributed by atoms with E-state index in [0.29, 0.717) is 25.7 Å². The van der Waals surface area contributed by atoms with Gasteiger partial charge in [-0.25, -0.2) is 0 Å². The molecule has 130 valence electrons. The molecule has 1 unspecified atom stereocenters. The molecule has 0 aromatic heterocycles. The third kappa shape index (κ3) is 3.51. The third-order valence-electron chi connectivity index (χ3n) is 5.53. The zero-order valence-corrected chi connectivity index (χ0v) is 15.6. The van der Waals surface area contributed by atoms with Crippen LogP contribution in [0.3, 0.4) is 0 Å². The van der Waals surface area contributed by atoms with Gasteiger partial charge >= 0.3 is 5.97 Å². The van der Waals surface area contributed by atoms with Gasteiger partial charge in [-0.15, -0.1) is 0 Å². The van der Waals surface area contributed by atoms with Crippen LogP contribution >= 0.6 is 15.9 Å². The van der Waals surface area contributed by atoms with E-state index in [1.807, 2.05) is 4.90 Å². The molecule has 1 aliphatic heterocycles. The molecule has 2 fully saturated rings. The van der Waals surface area contributed by atoms with Crippen molar-refractivity contribution in [1.29, 1.82) is 0 Å². The van der Waals surface area contributed by atoms with Gasteiger partial charge < -0.3 is 10.0 Å². The normalized spacial score (nSPS) is 27.2. The number of halogens is 1. The number of aryl methyl sites for hydroxylation is 1. The van der Waals surface area contributed by atoms with Crippen LogP contribution in [0.2, 0.25) is 0 Å². The minimum Gasteiger partial charge on any atom is -0.481 e. The number of benzene rings is 1. The fourth-order valence-corrected chi connectivity index (χ4v) is 4.32. The van der Waals surface area contributed by atoms with E-state index in [0.717, 1.165) is 23.9 Å². The number of likely N-dealkylation sites (tertiary alicyclic amines) is 1. The Balaban J connectivity index is 1.70. The number of carboxylic acids is 1. The number of nitrogens with zero attached hydrogens (tertiary/aromatic N) is 1. The lowest BCUT2D eigenvalue weighted by Crippen LogP contribution is -2.38. The van der Waals surface area contributed by atoms with E-state index >= 15 is 0 Å². The predicted molar refractivity (Wildman–Crippen MR) is 95.7 cm³/mol. The molecule has 24 heavy (non-hydrogen) atoms. The summed E-state index contributed by atoms with van der Waals surface area (Å²) < 4.78 is 1.09. The average Bonchev–Trinajstić information content (AvgIpc) is 3.06. The maximum atomic E-state index is 13.0. The Morgan fingerprint density at radius 1 is 1.12 bits per heavy atom. The highest BCUT2D eigenvalue weighted by Gasteiger charge is 2.36. The van der Waals surface area contributed by atoms with Crippen molar-refractivity contribution in [3.8, 4) is 0 Å². The van der Waals surface area contributed by atoms with E-state index < -0.39 is 5.97 Å². The smallest absolute Gasteiger partial charge is 0.306 e. The summed E-state index contributed by atoms with van der Waals surface area (Å²) in [5.41, 5.74) is 2.40. The van der Waals surface area contributed by atoms with Crippen LogP contribution in [0.1, 0.15) is 55.7 Å². The monoisotopic (exact) mass is 393 g/mol. The highest BCUT2D eigenvalue weighted by Crippen LogP contribution is 2.37. The first kappa shape index (κ1) is 17.5. The maximum absolute atomic E-state index is 13.0. The summed E-state index contributed by atoms with van der Waals surface area (Å²) in [5.74, 6) is -0.762. The van der Waals surface area contributed by atoms with Gasteiger partial charge in [-0.05, 0) is 62.6 Å². The van der Waals surface area contributed by atoms with E-state index in [1.54, 1.807) is 0 Å². The molecule has 1 atom stereocenters. The first-order chi connectivity index (χ1) is 11.5. The summed E-state index contributed by atoms with van der Waals surface area (Å²) in [7, 11) is 0. The molecule has 4 nitrogen and oxygen atoms in total. The van der Waals surface area contributed by atoms with Crippen molar-refractivity contribution in [1.82, 2.24) is 4.90 Å². The Kier molecular flexibility index (Phi) is 5.28. The van der Waals surface area contributed by atoms with Crippen molar-refractivity contribution < 1.29 is 14.7 Å². The molecule has 1 aliphatic carbocycles. The number of carbonyl (C=O) groups excluding carboxylic acids is 1. The Morgan fingerprint density at radius 2 is 1.79 bits per heavy atom. The predicted octanol–water partition coefficient (Wildman–Crippen LogP) is 4.31. The van der Waals surface area contributed by atoms with Gasteiger partial charge in [-0.1, -0.05) is 28.1 Å². The molecular formula is C19H24BrNO3. The summed E-state index contributed by atoms with van der Waals surface area (Å²) >= 11 is 3.53. The van der Waals surface area contributed by atoms with Crippen LogP contribution in [0.5, 0.6) is 0 Å². The van der Waals surface area contributed by atoms with Gasteiger partial charge in [-0.2, -0.15) is 0 Å². The highest BCUT2D eigenvalue weighted by molar-refractivity contribution is 9.10. The number of aliphatic carboxylic acids is 1. The quantitative estimate of drug-likeness (QED) is 0.831. The van der Waals surface area contributed by atoms with E-state index in [1.165, 1.54) is 11.1 Å². The summed E-state index contributed by atoms with van der Waals surface area (Å²) in [5, 5.41) is 9.11. The summed E-state index contributed by atoms with van der Waals surface area (Å²) in [6.45, 7) is 2.89. The molecule has 1 aromatic carbocycles. The lowest BCUT2D eigenvalue weighted by molar-refractivity contribution is -0.146. The molecular weight excluding hydrogens is 370 g/mol. The summed E-state index contributed by atoms with van der Waals surface area (Å²) in [6.07, 6.45) is 4.72. The second-order valence-corrected chi connectivity index (χ2v) is 7.94. The standard InChI is InChI=1S/C19H24BrNO3/c1-12-11-15(8-9-16(12)20)17-3-2-10-21(17)18(22)13-4-6-14(7-5-13)19(23)24/h8-9,11,13-14,17H,2-7,10H2,1H3,(H,23,24). The molecule has 1 N–H and O–H groups in total. The van der Waals surface area contributed by atoms with Gasteiger partial charge in [0.05, 0.1) is 12.0 Å². The molecule has 0 radical (unpaired) electrons. The number of amides is 1. The van der Waals surface area contributed by atoms with Gasteiger partial charge in [-0.3, -0.25) is 9.59 Å². The van der Waals surface area contributed by atoms with Crippen LogP contribution < -0.4 is 0 Å². The van der Waals surface area contributed by atoms with Crippen LogP contribution in [0.15, 0.2) is 22.7 Å². The van der Waals surface area contributed by atoms with Crippen LogP contribution in [-0.2, 0) is 9.59 Å². The Bertz CT molecular complexity index is 637. The number of carbonyl (C=O) groups is 2. The van der Waals surface area contributed by atoms with E-state index in [2.05, 4.69) is 41.1 Å². The lowest BCUT2D eigenvalue weighted by atomic mass is 9.81. The minimum absolute atomic E-state index is 0.00209. The Hall–Kier alpha value is -1.36. The van der Waals surface area contributed by atoms with Crippen LogP contribution in [-0.4, -0.2) is 28.4 Å². The topological polar surface area (TPSA) is 57.6 Å². The molecule has 0 spiro atoms. The molecule has 1 saturated heterocycles. The second kappa shape index (κ2) is 7.26. The van der Waals surface area contributed by atoms with Crippen molar-refractivity contribution >= 4 is 27.8 Å². The number of rotatable bonds is 3. The molecule has 5 heteroatoms. The molecule has 1 aromatic rings. The van der Waals surface area contributed by atoms with Gasteiger partial charge in [0, 0.05) is 16.9 Å². The highest BCUT2D eigenvalue weighted by atomic mass is 79.9. The van der Waals surface area contributed by atoms with Crippen molar-refractivity contribution in [3.63, 3.8) is 0 Å². The van der Waals surface area contributed by atoms with Crippen molar-refractivity contribution in [2.24, 2.45) is 11.8 Å². The van der Waals surface area contributed by atoms with Crippen LogP contribution in [0.25, 0.3) is 0 Å². The summed E-state index contributed by atoms with van der Waals surface area (Å²) in [6, 6.07) is 6.50. The summed E-state index contributed by atoms with van der Waals surface area (Å²) in [4.78, 5) is 26.1. The largest absolute Gasteiger partial charge is 0.481 e. The third-order valence-corrected chi connectivity index (χ3v) is 6.42. The molecule has 1 heterocycles. The average molecular weight is 394 g/mol. The zero-order valence-electron chi connectivity index (χ0n) is 14.0. The first-order valence-corrected chi connectivity index (χ1v) is 9.56. The molecule has 1 amide bonds. The molecule has 3 rings (SSSR count). The minimum atomic E-state index is -0.717.